The molecule has 0 aromatic rings. The summed E-state index contributed by atoms with van der Waals surface area (Å²) in [5.74, 6) is 0.463. The average molecular weight is 211 g/mol. The minimum atomic E-state index is -4.87. The van der Waals surface area contributed by atoms with Crippen molar-refractivity contribution in [2.75, 3.05) is 13.1 Å². The van der Waals surface area contributed by atoms with Gasteiger partial charge >= 0.3 is 12.5 Å². The Labute approximate surface area is 79.8 Å². The Balaban J connectivity index is 2.38. The fourth-order valence-electron chi connectivity index (χ4n) is 1.35. The fraction of sp³-hybridized carbons (Fsp3) is 0.875. The number of halogens is 3. The number of rotatable bonds is 0. The van der Waals surface area contributed by atoms with E-state index in [1.165, 1.54) is 0 Å². The lowest BCUT2D eigenvalue weighted by Crippen LogP contribution is -2.40. The smallest absolute Gasteiger partial charge is 0.356 e. The van der Waals surface area contributed by atoms with Gasteiger partial charge in [0.15, 0.2) is 0 Å². The number of amides is 1. The zero-order valence-electron chi connectivity index (χ0n) is 7.80. The minimum absolute atomic E-state index is 0.343. The first kappa shape index (κ1) is 11.1. The second-order valence-electron chi connectivity index (χ2n) is 3.48. The topological polar surface area (TPSA) is 29.5 Å². The van der Waals surface area contributed by atoms with Gasteiger partial charge in [0, 0.05) is 13.1 Å². The lowest BCUT2D eigenvalue weighted by atomic mass is 10.00. The van der Waals surface area contributed by atoms with Crippen LogP contribution in [0.3, 0.4) is 0 Å². The van der Waals surface area contributed by atoms with E-state index in [4.69, 9.17) is 0 Å². The van der Waals surface area contributed by atoms with Gasteiger partial charge in [0.05, 0.1) is 0 Å². The number of carbonyl (C=O) groups excluding carboxylic acids is 1. The molecule has 0 atom stereocenters. The van der Waals surface area contributed by atoms with Crippen molar-refractivity contribution in [1.82, 2.24) is 4.90 Å². The van der Waals surface area contributed by atoms with Crippen LogP contribution >= 0.6 is 0 Å². The quantitative estimate of drug-likeness (QED) is 0.615. The number of hydrogen-bond donors (Lipinski definition) is 0. The molecule has 6 heteroatoms. The highest BCUT2D eigenvalue weighted by Crippen LogP contribution is 2.21. The summed E-state index contributed by atoms with van der Waals surface area (Å²) < 4.78 is 38.3. The second kappa shape index (κ2) is 4.06. The van der Waals surface area contributed by atoms with Crippen LogP contribution in [0.25, 0.3) is 0 Å². The lowest BCUT2D eigenvalue weighted by molar-refractivity contribution is -0.295. The zero-order chi connectivity index (χ0) is 10.8. The van der Waals surface area contributed by atoms with Gasteiger partial charge in [-0.3, -0.25) is 0 Å². The largest absolute Gasteiger partial charge is 0.576 e. The van der Waals surface area contributed by atoms with E-state index >= 15 is 0 Å². The van der Waals surface area contributed by atoms with Crippen LogP contribution in [-0.2, 0) is 4.74 Å². The SMILES string of the molecule is CC1CCN(C(=O)OC(F)(F)F)CC1. The summed E-state index contributed by atoms with van der Waals surface area (Å²) in [6.45, 7) is 2.69. The van der Waals surface area contributed by atoms with Gasteiger partial charge in [-0.2, -0.15) is 0 Å². The van der Waals surface area contributed by atoms with Crippen molar-refractivity contribution < 1.29 is 22.7 Å². The minimum Gasteiger partial charge on any atom is -0.356 e. The monoisotopic (exact) mass is 211 g/mol. The number of piperidine rings is 1. The molecule has 0 aliphatic carbocycles. The summed E-state index contributed by atoms with van der Waals surface area (Å²) in [6.07, 6.45) is -4.70. The molecule has 1 rings (SSSR count). The number of ether oxygens (including phenoxy) is 1. The number of nitrogens with zero attached hydrogens (tertiary/aromatic N) is 1. The summed E-state index contributed by atoms with van der Waals surface area (Å²) in [5.41, 5.74) is 0. The second-order valence-corrected chi connectivity index (χ2v) is 3.48. The summed E-state index contributed by atoms with van der Waals surface area (Å²) >= 11 is 0. The molecule has 0 N–H and O–H groups in total. The molecule has 1 heterocycles. The average Bonchev–Trinajstić information content (AvgIpc) is 2.02. The van der Waals surface area contributed by atoms with Crippen LogP contribution in [-0.4, -0.2) is 30.4 Å². The van der Waals surface area contributed by atoms with E-state index in [1.807, 2.05) is 6.92 Å². The third-order valence-corrected chi connectivity index (χ3v) is 2.24. The van der Waals surface area contributed by atoms with Gasteiger partial charge in [-0.25, -0.2) is 4.79 Å². The van der Waals surface area contributed by atoms with E-state index in [2.05, 4.69) is 4.74 Å². The summed E-state index contributed by atoms with van der Waals surface area (Å²) in [4.78, 5) is 12.0. The van der Waals surface area contributed by atoms with Crippen molar-refractivity contribution >= 4 is 6.09 Å². The molecule has 82 valence electrons. The molecular formula is C8H12F3NO2. The van der Waals surface area contributed by atoms with Crippen LogP contribution < -0.4 is 0 Å². The summed E-state index contributed by atoms with van der Waals surface area (Å²) in [5, 5.41) is 0. The van der Waals surface area contributed by atoms with E-state index in [9.17, 15) is 18.0 Å². The summed E-state index contributed by atoms with van der Waals surface area (Å²) in [6, 6.07) is 0. The number of hydrogen-bond acceptors (Lipinski definition) is 2. The van der Waals surface area contributed by atoms with E-state index in [0.717, 1.165) is 17.7 Å². The van der Waals surface area contributed by atoms with Gasteiger partial charge < -0.3 is 9.64 Å². The molecule has 1 aliphatic heterocycles. The number of alkyl halides is 3. The Bertz CT molecular complexity index is 209. The van der Waals surface area contributed by atoms with Crippen LogP contribution in [0.2, 0.25) is 0 Å². The van der Waals surface area contributed by atoms with Crippen LogP contribution in [0.4, 0.5) is 18.0 Å². The van der Waals surface area contributed by atoms with Crippen molar-refractivity contribution in [3.8, 4) is 0 Å². The van der Waals surface area contributed by atoms with Crippen molar-refractivity contribution in [3.63, 3.8) is 0 Å². The van der Waals surface area contributed by atoms with Crippen molar-refractivity contribution in [2.24, 2.45) is 5.92 Å². The van der Waals surface area contributed by atoms with E-state index < -0.39 is 12.5 Å². The van der Waals surface area contributed by atoms with Crippen LogP contribution in [0.5, 0.6) is 0 Å². The van der Waals surface area contributed by atoms with Crippen LogP contribution in [0, 0.1) is 5.92 Å². The molecule has 0 radical (unpaired) electrons. The molecule has 1 saturated heterocycles. The number of carbonyl (C=O) groups is 1. The molecule has 0 spiro atoms. The molecule has 3 nitrogen and oxygen atoms in total. The van der Waals surface area contributed by atoms with Crippen LogP contribution in [0.1, 0.15) is 19.8 Å². The molecule has 14 heavy (non-hydrogen) atoms. The van der Waals surface area contributed by atoms with Gasteiger partial charge in [0.1, 0.15) is 0 Å². The maximum absolute atomic E-state index is 11.7. The Morgan fingerprint density at radius 1 is 1.36 bits per heavy atom. The Morgan fingerprint density at radius 3 is 2.29 bits per heavy atom. The zero-order valence-corrected chi connectivity index (χ0v) is 7.80. The molecule has 0 aromatic heterocycles. The standard InChI is InChI=1S/C8H12F3NO2/c1-6-2-4-12(5-3-6)7(13)14-8(9,10)11/h6H,2-5H2,1H3. The van der Waals surface area contributed by atoms with Gasteiger partial charge in [0.25, 0.3) is 0 Å². The highest BCUT2D eigenvalue weighted by atomic mass is 19.4. The fourth-order valence-corrected chi connectivity index (χ4v) is 1.35. The lowest BCUT2D eigenvalue weighted by Gasteiger charge is -2.29. The van der Waals surface area contributed by atoms with Crippen molar-refractivity contribution in [2.45, 2.75) is 26.1 Å². The summed E-state index contributed by atoms with van der Waals surface area (Å²) in [7, 11) is 0. The van der Waals surface area contributed by atoms with Gasteiger partial charge in [-0.1, -0.05) is 6.92 Å². The van der Waals surface area contributed by atoms with Crippen molar-refractivity contribution in [3.05, 3.63) is 0 Å². The molecule has 1 amide bonds. The number of likely N-dealkylation sites (tertiary alicyclic amines) is 1. The van der Waals surface area contributed by atoms with E-state index in [-0.39, 0.29) is 0 Å². The first-order valence-corrected chi connectivity index (χ1v) is 4.43. The van der Waals surface area contributed by atoms with Gasteiger partial charge in [-0.05, 0) is 18.8 Å². The molecule has 0 saturated carbocycles. The molecular weight excluding hydrogens is 199 g/mol. The Kier molecular flexibility index (Phi) is 3.23. The van der Waals surface area contributed by atoms with E-state index in [1.54, 1.807) is 0 Å². The highest BCUT2D eigenvalue weighted by molar-refractivity contribution is 5.67. The van der Waals surface area contributed by atoms with E-state index in [0.29, 0.717) is 19.0 Å². The van der Waals surface area contributed by atoms with Crippen LogP contribution in [0.15, 0.2) is 0 Å². The molecule has 0 unspecified atom stereocenters. The van der Waals surface area contributed by atoms with Gasteiger partial charge in [0.2, 0.25) is 0 Å². The maximum Gasteiger partial charge on any atom is 0.576 e. The predicted molar refractivity (Wildman–Crippen MR) is 42.5 cm³/mol. The van der Waals surface area contributed by atoms with Gasteiger partial charge in [-0.15, -0.1) is 13.2 Å². The first-order chi connectivity index (χ1) is 6.38. The molecule has 0 aromatic carbocycles. The normalized spacial score (nSPS) is 19.6. The molecule has 0 bridgehead atoms. The Morgan fingerprint density at radius 2 is 1.86 bits per heavy atom. The van der Waals surface area contributed by atoms with Crippen molar-refractivity contribution in [1.29, 1.82) is 0 Å². The highest BCUT2D eigenvalue weighted by Gasteiger charge is 2.36. The first-order valence-electron chi connectivity index (χ1n) is 4.43. The molecule has 1 aliphatic rings. The molecule has 1 fully saturated rings. The third-order valence-electron chi connectivity index (χ3n) is 2.24. The predicted octanol–water partition coefficient (Wildman–Crippen LogP) is 2.37. The third kappa shape index (κ3) is 3.43. The Hall–Kier alpha value is -0.940. The maximum atomic E-state index is 11.7.